The molecule has 1 unspecified atom stereocenters. The van der Waals surface area contributed by atoms with E-state index in [9.17, 15) is 4.79 Å². The van der Waals surface area contributed by atoms with E-state index in [4.69, 9.17) is 5.11 Å². The Morgan fingerprint density at radius 1 is 1.47 bits per heavy atom. The minimum atomic E-state index is -0.113. The summed E-state index contributed by atoms with van der Waals surface area (Å²) in [5, 5.41) is 12.7. The van der Waals surface area contributed by atoms with Gasteiger partial charge in [-0.3, -0.25) is 4.79 Å². The van der Waals surface area contributed by atoms with Crippen molar-refractivity contribution in [2.24, 2.45) is 5.92 Å². The van der Waals surface area contributed by atoms with Gasteiger partial charge >= 0.3 is 0 Å². The summed E-state index contributed by atoms with van der Waals surface area (Å²) < 4.78 is 0. The van der Waals surface area contributed by atoms with Gasteiger partial charge in [-0.1, -0.05) is 19.1 Å². The summed E-state index contributed by atoms with van der Waals surface area (Å²) in [5.74, 6) is -0.0415. The number of rotatable bonds is 4. The minimum Gasteiger partial charge on any atom is -0.396 e. The molecule has 4 nitrogen and oxygen atoms in total. The first kappa shape index (κ1) is 11.7. The molecule has 1 aromatic heterocycles. The van der Waals surface area contributed by atoms with Crippen LogP contribution >= 0.6 is 0 Å². The van der Waals surface area contributed by atoms with Crippen LogP contribution in [0.5, 0.6) is 0 Å². The number of hydrogen-bond donors (Lipinski definition) is 3. The molecule has 0 aliphatic heterocycles. The van der Waals surface area contributed by atoms with Gasteiger partial charge < -0.3 is 15.4 Å². The van der Waals surface area contributed by atoms with E-state index in [2.05, 4.69) is 10.3 Å². The van der Waals surface area contributed by atoms with Gasteiger partial charge in [-0.15, -0.1) is 0 Å². The lowest BCUT2D eigenvalue weighted by molar-refractivity contribution is 0.0944. The largest absolute Gasteiger partial charge is 0.396 e. The molecule has 2 aromatic rings. The second kappa shape index (κ2) is 5.01. The molecule has 0 fully saturated rings. The summed E-state index contributed by atoms with van der Waals surface area (Å²) in [4.78, 5) is 15.0. The number of aliphatic hydroxyl groups is 1. The van der Waals surface area contributed by atoms with E-state index in [1.54, 1.807) is 6.07 Å². The molecule has 4 heteroatoms. The molecule has 0 spiro atoms. The van der Waals surface area contributed by atoms with Crippen LogP contribution in [0.1, 0.15) is 17.3 Å². The summed E-state index contributed by atoms with van der Waals surface area (Å²) in [5.41, 5.74) is 1.49. The summed E-state index contributed by atoms with van der Waals surface area (Å²) in [7, 11) is 0. The Kier molecular flexibility index (Phi) is 3.44. The van der Waals surface area contributed by atoms with Gasteiger partial charge in [-0.05, 0) is 18.1 Å². The van der Waals surface area contributed by atoms with Crippen molar-refractivity contribution in [3.63, 3.8) is 0 Å². The highest BCUT2D eigenvalue weighted by atomic mass is 16.3. The van der Waals surface area contributed by atoms with Crippen molar-refractivity contribution in [2.45, 2.75) is 6.92 Å². The van der Waals surface area contributed by atoms with Crippen LogP contribution in [-0.4, -0.2) is 29.1 Å². The first-order chi connectivity index (χ1) is 8.22. The fourth-order valence-corrected chi connectivity index (χ4v) is 1.70. The third-order valence-electron chi connectivity index (χ3n) is 2.75. The van der Waals surface area contributed by atoms with E-state index in [1.165, 1.54) is 0 Å². The predicted molar refractivity (Wildman–Crippen MR) is 66.9 cm³/mol. The third-order valence-corrected chi connectivity index (χ3v) is 2.75. The first-order valence-corrected chi connectivity index (χ1v) is 5.67. The molecule has 1 atom stereocenters. The molecule has 0 aliphatic carbocycles. The van der Waals surface area contributed by atoms with Gasteiger partial charge in [0.1, 0.15) is 0 Å². The SMILES string of the molecule is CC(CO)CNC(=O)c1cccc2cc[nH]c12. The smallest absolute Gasteiger partial charge is 0.253 e. The second-order valence-electron chi connectivity index (χ2n) is 4.25. The highest BCUT2D eigenvalue weighted by molar-refractivity contribution is 6.05. The first-order valence-electron chi connectivity index (χ1n) is 5.67. The van der Waals surface area contributed by atoms with Crippen molar-refractivity contribution in [1.82, 2.24) is 10.3 Å². The quantitative estimate of drug-likeness (QED) is 0.748. The van der Waals surface area contributed by atoms with Crippen molar-refractivity contribution in [1.29, 1.82) is 0 Å². The molecule has 3 N–H and O–H groups in total. The van der Waals surface area contributed by atoms with Crippen LogP contribution in [0.4, 0.5) is 0 Å². The zero-order chi connectivity index (χ0) is 12.3. The van der Waals surface area contributed by atoms with Crippen molar-refractivity contribution in [3.8, 4) is 0 Å². The highest BCUT2D eigenvalue weighted by Crippen LogP contribution is 2.16. The second-order valence-corrected chi connectivity index (χ2v) is 4.25. The summed E-state index contributed by atoms with van der Waals surface area (Å²) in [6, 6.07) is 7.54. The molecule has 2 rings (SSSR count). The number of aromatic amines is 1. The number of fused-ring (bicyclic) bond motifs is 1. The Morgan fingerprint density at radius 3 is 3.06 bits per heavy atom. The zero-order valence-corrected chi connectivity index (χ0v) is 9.73. The number of carbonyl (C=O) groups is 1. The van der Waals surface area contributed by atoms with Gasteiger partial charge in [0.05, 0.1) is 11.1 Å². The zero-order valence-electron chi connectivity index (χ0n) is 9.73. The van der Waals surface area contributed by atoms with Crippen molar-refractivity contribution in [2.75, 3.05) is 13.2 Å². The summed E-state index contributed by atoms with van der Waals surface area (Å²) >= 11 is 0. The lowest BCUT2D eigenvalue weighted by Crippen LogP contribution is -2.29. The van der Waals surface area contributed by atoms with E-state index >= 15 is 0 Å². The monoisotopic (exact) mass is 232 g/mol. The molecular formula is C13H16N2O2. The van der Waals surface area contributed by atoms with Crippen molar-refractivity contribution < 1.29 is 9.90 Å². The van der Waals surface area contributed by atoms with Crippen molar-refractivity contribution in [3.05, 3.63) is 36.0 Å². The molecule has 0 radical (unpaired) electrons. The molecule has 0 saturated carbocycles. The van der Waals surface area contributed by atoms with E-state index < -0.39 is 0 Å². The van der Waals surface area contributed by atoms with Crippen LogP contribution in [0.15, 0.2) is 30.5 Å². The Hall–Kier alpha value is -1.81. The van der Waals surface area contributed by atoms with E-state index in [1.807, 2.05) is 31.3 Å². The number of aliphatic hydroxyl groups excluding tert-OH is 1. The Morgan fingerprint density at radius 2 is 2.29 bits per heavy atom. The summed E-state index contributed by atoms with van der Waals surface area (Å²) in [6.45, 7) is 2.44. The van der Waals surface area contributed by atoms with Crippen LogP contribution in [0.3, 0.4) is 0 Å². The van der Waals surface area contributed by atoms with Crippen molar-refractivity contribution >= 4 is 16.8 Å². The number of nitrogens with one attached hydrogen (secondary N) is 2. The normalized spacial score (nSPS) is 12.6. The maximum absolute atomic E-state index is 12.0. The highest BCUT2D eigenvalue weighted by Gasteiger charge is 2.11. The van der Waals surface area contributed by atoms with Crippen LogP contribution in [-0.2, 0) is 0 Å². The lowest BCUT2D eigenvalue weighted by atomic mass is 10.1. The summed E-state index contributed by atoms with van der Waals surface area (Å²) in [6.07, 6.45) is 1.82. The predicted octanol–water partition coefficient (Wildman–Crippen LogP) is 1.53. The number of aromatic nitrogens is 1. The fraction of sp³-hybridized carbons (Fsp3) is 0.308. The van der Waals surface area contributed by atoms with Gasteiger partial charge in [0, 0.05) is 24.7 Å². The van der Waals surface area contributed by atoms with Gasteiger partial charge in [0.15, 0.2) is 0 Å². The molecule has 0 saturated heterocycles. The molecule has 0 bridgehead atoms. The molecular weight excluding hydrogens is 216 g/mol. The Labute approximate surface area is 99.7 Å². The van der Waals surface area contributed by atoms with Crippen LogP contribution in [0.25, 0.3) is 10.9 Å². The molecule has 1 aromatic carbocycles. The third kappa shape index (κ3) is 2.47. The molecule has 0 aliphatic rings. The number of amides is 1. The number of para-hydroxylation sites is 1. The van der Waals surface area contributed by atoms with Gasteiger partial charge in [-0.2, -0.15) is 0 Å². The van der Waals surface area contributed by atoms with Crippen LogP contribution in [0.2, 0.25) is 0 Å². The van der Waals surface area contributed by atoms with E-state index in [-0.39, 0.29) is 18.4 Å². The minimum absolute atomic E-state index is 0.0711. The van der Waals surface area contributed by atoms with Gasteiger partial charge in [0.25, 0.3) is 5.91 Å². The van der Waals surface area contributed by atoms with Gasteiger partial charge in [-0.25, -0.2) is 0 Å². The number of H-pyrrole nitrogens is 1. The fourth-order valence-electron chi connectivity index (χ4n) is 1.70. The average Bonchev–Trinajstić information content (AvgIpc) is 2.83. The number of hydrogen-bond acceptors (Lipinski definition) is 2. The molecule has 17 heavy (non-hydrogen) atoms. The van der Waals surface area contributed by atoms with Crippen LogP contribution < -0.4 is 5.32 Å². The Bertz CT molecular complexity index is 519. The maximum Gasteiger partial charge on any atom is 0.253 e. The average molecular weight is 232 g/mol. The topological polar surface area (TPSA) is 65.1 Å². The lowest BCUT2D eigenvalue weighted by Gasteiger charge is -2.10. The van der Waals surface area contributed by atoms with Crippen LogP contribution in [0, 0.1) is 5.92 Å². The van der Waals surface area contributed by atoms with Gasteiger partial charge in [0.2, 0.25) is 0 Å². The molecule has 1 amide bonds. The number of benzene rings is 1. The number of carbonyl (C=O) groups excluding carboxylic acids is 1. The molecule has 1 heterocycles. The Balaban J connectivity index is 2.16. The van der Waals surface area contributed by atoms with E-state index in [0.717, 1.165) is 10.9 Å². The van der Waals surface area contributed by atoms with E-state index in [0.29, 0.717) is 12.1 Å². The maximum atomic E-state index is 12.0. The molecule has 90 valence electrons. The standard InChI is InChI=1S/C13H16N2O2/c1-9(8-16)7-15-13(17)11-4-2-3-10-5-6-14-12(10)11/h2-6,9,14,16H,7-8H2,1H3,(H,15,17).